The molecule has 3 saturated heterocycles. The van der Waals surface area contributed by atoms with Gasteiger partial charge in [0, 0.05) is 24.8 Å². The lowest BCUT2D eigenvalue weighted by Gasteiger charge is -2.33. The van der Waals surface area contributed by atoms with Crippen molar-refractivity contribution in [3.05, 3.63) is 37.4 Å². The van der Waals surface area contributed by atoms with Crippen molar-refractivity contribution in [2.24, 2.45) is 9.98 Å². The molecular formula is C24H26N10O12P2S. The minimum Gasteiger partial charge on any atom is -0.386 e. The number of ether oxygens (including phenoxy) is 2. The van der Waals surface area contributed by atoms with Gasteiger partial charge in [-0.25, -0.2) is 24.5 Å². The summed E-state index contributed by atoms with van der Waals surface area (Å²) in [5.74, 6) is -0.194. The van der Waals surface area contributed by atoms with Crippen LogP contribution in [-0.2, 0) is 48.7 Å². The van der Waals surface area contributed by atoms with Gasteiger partial charge in [-0.05, 0) is 11.8 Å². The number of aliphatic hydroxyl groups excluding tert-OH is 2. The molecule has 6 aliphatic rings. The predicted octanol–water partition coefficient (Wildman–Crippen LogP) is -2.13. The van der Waals surface area contributed by atoms with E-state index in [4.69, 9.17) is 39.4 Å². The Kier molecular flexibility index (Phi) is 7.35. The van der Waals surface area contributed by atoms with E-state index in [-0.39, 0.29) is 11.7 Å². The summed E-state index contributed by atoms with van der Waals surface area (Å²) in [4.78, 5) is 59.3. The SMILES string of the molecule is O=C1C2N=CN([C@@H]3O[C@@H]4COP(=O)(O)O[C@H]5[C@@H](O)[C@H](n6cnc7c6ncn6ccnc76)O[C@@H]5COP(O)(=S)O[C@H]4[C@H]3O)C2=NC2NC=CN12. The van der Waals surface area contributed by atoms with Gasteiger partial charge in [-0.2, -0.15) is 0 Å². The quantitative estimate of drug-likeness (QED) is 0.176. The third-order valence-corrected chi connectivity index (χ3v) is 11.3. The molecule has 260 valence electrons. The number of carbonyl (C=O) groups excluding carboxylic acids is 1. The van der Waals surface area contributed by atoms with Crippen molar-refractivity contribution in [2.75, 3.05) is 13.2 Å². The van der Waals surface area contributed by atoms with Gasteiger partial charge in [0.2, 0.25) is 6.29 Å². The van der Waals surface area contributed by atoms with Gasteiger partial charge in [-0.3, -0.25) is 42.1 Å². The molecule has 0 aliphatic carbocycles. The molecule has 25 heteroatoms. The van der Waals surface area contributed by atoms with E-state index in [1.807, 2.05) is 0 Å². The lowest BCUT2D eigenvalue weighted by molar-refractivity contribution is -0.130. The molecule has 6 aliphatic heterocycles. The van der Waals surface area contributed by atoms with Crippen molar-refractivity contribution in [1.82, 2.24) is 39.0 Å². The lowest BCUT2D eigenvalue weighted by atomic mass is 10.1. The molecule has 0 spiro atoms. The molecule has 9 heterocycles. The van der Waals surface area contributed by atoms with E-state index in [2.05, 4.69) is 30.3 Å². The maximum Gasteiger partial charge on any atom is 0.472 e. The first-order valence-corrected chi connectivity index (χ1v) is 18.8. The van der Waals surface area contributed by atoms with Crippen molar-refractivity contribution in [3.63, 3.8) is 0 Å². The third-order valence-electron chi connectivity index (χ3n) is 8.77. The van der Waals surface area contributed by atoms with Gasteiger partial charge >= 0.3 is 14.5 Å². The fourth-order valence-corrected chi connectivity index (χ4v) is 8.92. The number of nitrogens with one attached hydrogen (secondary N) is 1. The molecule has 12 atom stereocenters. The van der Waals surface area contributed by atoms with Crippen LogP contribution in [0.4, 0.5) is 0 Å². The summed E-state index contributed by atoms with van der Waals surface area (Å²) in [6.07, 6.45) is -1.60. The zero-order valence-corrected chi connectivity index (χ0v) is 27.2. The number of fused-ring (bicyclic) bond motifs is 7. The van der Waals surface area contributed by atoms with E-state index in [0.29, 0.717) is 16.8 Å². The molecule has 49 heavy (non-hydrogen) atoms. The summed E-state index contributed by atoms with van der Waals surface area (Å²) in [5, 5.41) is 25.7. The highest BCUT2D eigenvalue weighted by Gasteiger charge is 2.55. The molecule has 22 nitrogen and oxygen atoms in total. The Morgan fingerprint density at radius 3 is 2.53 bits per heavy atom. The molecule has 0 bridgehead atoms. The number of carbonyl (C=O) groups is 1. The van der Waals surface area contributed by atoms with Crippen LogP contribution in [0.15, 0.2) is 47.4 Å². The molecule has 3 fully saturated rings. The minimum atomic E-state index is -4.99. The van der Waals surface area contributed by atoms with Crippen LogP contribution >= 0.6 is 14.5 Å². The van der Waals surface area contributed by atoms with E-state index >= 15 is 0 Å². The van der Waals surface area contributed by atoms with Crippen molar-refractivity contribution in [3.8, 4) is 0 Å². The molecule has 5 N–H and O–H groups in total. The van der Waals surface area contributed by atoms with Crippen molar-refractivity contribution < 1.29 is 56.9 Å². The maximum absolute atomic E-state index is 13.3. The molecular weight excluding hydrogens is 714 g/mol. The molecule has 0 saturated carbocycles. The maximum atomic E-state index is 13.3. The van der Waals surface area contributed by atoms with Crippen LogP contribution in [0.3, 0.4) is 0 Å². The third kappa shape index (κ3) is 5.16. The number of aliphatic hydroxyl groups is 2. The zero-order valence-electron chi connectivity index (χ0n) is 24.6. The lowest BCUT2D eigenvalue weighted by Crippen LogP contribution is -2.55. The number of rotatable bonds is 2. The number of amides is 1. The average molecular weight is 741 g/mol. The van der Waals surface area contributed by atoms with E-state index in [0.717, 1.165) is 0 Å². The van der Waals surface area contributed by atoms with E-state index in [1.165, 1.54) is 39.6 Å². The largest absolute Gasteiger partial charge is 0.472 e. The van der Waals surface area contributed by atoms with Gasteiger partial charge in [0.1, 0.15) is 48.8 Å². The van der Waals surface area contributed by atoms with Crippen LogP contribution in [0.25, 0.3) is 16.8 Å². The predicted molar refractivity (Wildman–Crippen MR) is 163 cm³/mol. The highest BCUT2D eigenvalue weighted by atomic mass is 32.5. The number of amidine groups is 1. The molecule has 9 rings (SSSR count). The van der Waals surface area contributed by atoms with Crippen LogP contribution in [0.2, 0.25) is 0 Å². The summed E-state index contributed by atoms with van der Waals surface area (Å²) in [6, 6.07) is -1.00. The van der Waals surface area contributed by atoms with Gasteiger partial charge in [-0.1, -0.05) is 0 Å². The van der Waals surface area contributed by atoms with Gasteiger partial charge in [-0.15, -0.1) is 0 Å². The highest BCUT2D eigenvalue weighted by molar-refractivity contribution is 8.07. The number of nitrogens with zero attached hydrogens (tertiary/aromatic N) is 9. The normalized spacial score (nSPS) is 42.0. The van der Waals surface area contributed by atoms with Crippen molar-refractivity contribution in [1.29, 1.82) is 0 Å². The summed E-state index contributed by atoms with van der Waals surface area (Å²) >= 11 is 5.27. The molecule has 4 unspecified atom stereocenters. The second-order valence-corrected chi connectivity index (χ2v) is 15.9. The standard InChI is InChI=1S/C24H26N10O12P2S/c35-14-16-11(44-22(14)33-8-27-12-18-25-1-3-31(18)7-29-19(12)33)6-42-48(40,49)46-17-10(5-41-47(38,39)45-16)43-23(15(17)36)34-9-28-13-20(34)30-24-26-2-4-32(24)21(13)37/h1-4,7-11,13-17,22-24,26,35-36H,5-6H2,(H,38,39)(H,40,49)/t10-,11-,13?,14-,15-,16-,17-,22-,23-,24?,48?/m1/s1. The Bertz CT molecular complexity index is 2040. The number of phosphoric acid groups is 1. The highest BCUT2D eigenvalue weighted by Crippen LogP contribution is 2.53. The number of hydrogen-bond donors (Lipinski definition) is 5. The van der Waals surface area contributed by atoms with Crippen LogP contribution in [0.5, 0.6) is 0 Å². The Labute approximate surface area is 279 Å². The zero-order chi connectivity index (χ0) is 33.8. The summed E-state index contributed by atoms with van der Waals surface area (Å²) in [7, 11) is -4.99. The second-order valence-electron chi connectivity index (χ2n) is 11.7. The fraction of sp³-hybridized carbons (Fsp3) is 0.500. The Hall–Kier alpha value is -3.28. The topological polar surface area (TPSA) is 262 Å². The van der Waals surface area contributed by atoms with E-state index < -0.39 is 89.2 Å². The average Bonchev–Trinajstić information content (AvgIpc) is 3.91. The summed E-state index contributed by atoms with van der Waals surface area (Å²) < 4.78 is 50.4. The first kappa shape index (κ1) is 31.7. The first-order chi connectivity index (χ1) is 23.5. The van der Waals surface area contributed by atoms with Crippen molar-refractivity contribution in [2.45, 2.75) is 61.4 Å². The summed E-state index contributed by atoms with van der Waals surface area (Å²) in [6.45, 7) is -5.50. The van der Waals surface area contributed by atoms with Crippen LogP contribution in [0, 0.1) is 0 Å². The van der Waals surface area contributed by atoms with E-state index in [9.17, 15) is 29.4 Å². The van der Waals surface area contributed by atoms with E-state index in [1.54, 1.807) is 23.0 Å². The van der Waals surface area contributed by atoms with Crippen molar-refractivity contribution >= 4 is 61.2 Å². The second kappa shape index (κ2) is 11.4. The molecule has 0 radical (unpaired) electrons. The Balaban J connectivity index is 0.970. The fourth-order valence-electron chi connectivity index (χ4n) is 6.51. The number of aromatic nitrogens is 5. The van der Waals surface area contributed by atoms with Gasteiger partial charge in [0.05, 0.1) is 25.9 Å². The number of aliphatic imine (C=N–C) groups is 2. The Morgan fingerprint density at radius 2 is 1.69 bits per heavy atom. The van der Waals surface area contributed by atoms with Crippen LogP contribution < -0.4 is 5.32 Å². The monoisotopic (exact) mass is 740 g/mol. The van der Waals surface area contributed by atoms with Crippen LogP contribution in [0.1, 0.15) is 6.23 Å². The summed E-state index contributed by atoms with van der Waals surface area (Å²) in [5.41, 5.74) is 1.19. The molecule has 3 aromatic heterocycles. The van der Waals surface area contributed by atoms with Gasteiger partial charge in [0.15, 0.2) is 35.3 Å². The number of hydrogen-bond acceptors (Lipinski definition) is 18. The number of phosphoric ester groups is 1. The number of imidazole rings is 2. The Morgan fingerprint density at radius 1 is 0.939 bits per heavy atom. The smallest absolute Gasteiger partial charge is 0.386 e. The molecule has 1 amide bonds. The van der Waals surface area contributed by atoms with Gasteiger partial charge < -0.3 is 39.3 Å². The molecule has 3 aromatic rings. The van der Waals surface area contributed by atoms with Crippen LogP contribution in [-0.4, -0.2) is 140 Å². The van der Waals surface area contributed by atoms with Gasteiger partial charge in [0.25, 0.3) is 5.91 Å². The molecule has 0 aromatic carbocycles. The minimum absolute atomic E-state index is 0.171. The first-order valence-electron chi connectivity index (χ1n) is 14.7.